The minimum absolute atomic E-state index is 0.219. The van der Waals surface area contributed by atoms with Crippen LogP contribution in [0.4, 0.5) is 5.82 Å². The van der Waals surface area contributed by atoms with Crippen LogP contribution in [0.1, 0.15) is 23.8 Å². The highest BCUT2D eigenvalue weighted by Crippen LogP contribution is 2.26. The smallest absolute Gasteiger partial charge is 0.271 e. The Morgan fingerprint density at radius 1 is 1.56 bits per heavy atom. The largest absolute Gasteiger partial charge is 0.354 e. The fraction of sp³-hybridized carbons (Fsp3) is 0.583. The van der Waals surface area contributed by atoms with Crippen molar-refractivity contribution < 1.29 is 4.79 Å². The summed E-state index contributed by atoms with van der Waals surface area (Å²) in [6.45, 7) is 3.76. The van der Waals surface area contributed by atoms with Crippen molar-refractivity contribution in [3.8, 4) is 0 Å². The number of nitrogens with zero attached hydrogens (tertiary/aromatic N) is 3. The van der Waals surface area contributed by atoms with Gasteiger partial charge >= 0.3 is 0 Å². The quantitative estimate of drug-likeness (QED) is 0.788. The number of nitrogens with two attached hydrogens (primary N) is 1. The topological polar surface area (TPSA) is 84.1 Å². The molecule has 1 aliphatic rings. The number of amides is 1. The van der Waals surface area contributed by atoms with E-state index in [1.54, 1.807) is 13.1 Å². The normalized spacial score (nSPS) is 23.2. The van der Waals surface area contributed by atoms with Crippen LogP contribution in [-0.2, 0) is 0 Å². The maximum absolute atomic E-state index is 11.4. The zero-order valence-electron chi connectivity index (χ0n) is 10.8. The number of nitrogens with one attached hydrogen (secondary N) is 1. The summed E-state index contributed by atoms with van der Waals surface area (Å²) in [5.74, 6) is 1.11. The Kier molecular flexibility index (Phi) is 3.76. The highest BCUT2D eigenvalue weighted by molar-refractivity contribution is 5.91. The Bertz CT molecular complexity index is 419. The number of anilines is 1. The standard InChI is InChI=1S/C12H19N5O/c1-8-5-9(6-13)7-17(8)11-4-3-10(15-16-11)12(18)14-2/h3-4,8-9H,5-7,13H2,1-2H3,(H,14,18). The summed E-state index contributed by atoms with van der Waals surface area (Å²) >= 11 is 0. The molecule has 0 aliphatic carbocycles. The van der Waals surface area contributed by atoms with E-state index in [-0.39, 0.29) is 5.91 Å². The van der Waals surface area contributed by atoms with Gasteiger partial charge in [0.05, 0.1) is 0 Å². The first-order valence-corrected chi connectivity index (χ1v) is 6.18. The van der Waals surface area contributed by atoms with Gasteiger partial charge in [0.2, 0.25) is 0 Å². The van der Waals surface area contributed by atoms with Crippen molar-refractivity contribution in [3.05, 3.63) is 17.8 Å². The molecule has 0 bridgehead atoms. The first kappa shape index (κ1) is 12.8. The summed E-state index contributed by atoms with van der Waals surface area (Å²) in [5.41, 5.74) is 6.04. The molecule has 1 fully saturated rings. The van der Waals surface area contributed by atoms with E-state index in [1.165, 1.54) is 0 Å². The summed E-state index contributed by atoms with van der Waals surface area (Å²) in [4.78, 5) is 13.6. The molecule has 2 unspecified atom stereocenters. The van der Waals surface area contributed by atoms with Crippen molar-refractivity contribution in [2.45, 2.75) is 19.4 Å². The molecule has 18 heavy (non-hydrogen) atoms. The average Bonchev–Trinajstić information content (AvgIpc) is 2.79. The number of aromatic nitrogens is 2. The van der Waals surface area contributed by atoms with Gasteiger partial charge < -0.3 is 16.0 Å². The molecule has 2 heterocycles. The number of hydrogen-bond acceptors (Lipinski definition) is 5. The van der Waals surface area contributed by atoms with Crippen LogP contribution < -0.4 is 16.0 Å². The van der Waals surface area contributed by atoms with Crippen molar-refractivity contribution in [1.29, 1.82) is 0 Å². The van der Waals surface area contributed by atoms with E-state index in [0.717, 1.165) is 18.8 Å². The zero-order chi connectivity index (χ0) is 13.1. The summed E-state index contributed by atoms with van der Waals surface area (Å²) < 4.78 is 0. The Morgan fingerprint density at radius 2 is 2.33 bits per heavy atom. The minimum atomic E-state index is -0.219. The molecular weight excluding hydrogens is 230 g/mol. The van der Waals surface area contributed by atoms with Gasteiger partial charge in [0.25, 0.3) is 5.91 Å². The molecule has 6 heteroatoms. The third-order valence-electron chi connectivity index (χ3n) is 3.40. The molecule has 6 nitrogen and oxygen atoms in total. The van der Waals surface area contributed by atoms with Gasteiger partial charge in [-0.2, -0.15) is 0 Å². The van der Waals surface area contributed by atoms with Gasteiger partial charge in [-0.3, -0.25) is 4.79 Å². The lowest BCUT2D eigenvalue weighted by atomic mass is 10.1. The van der Waals surface area contributed by atoms with Gasteiger partial charge in [0.1, 0.15) is 0 Å². The molecule has 1 aromatic heterocycles. The molecular formula is C12H19N5O. The molecule has 0 aromatic carbocycles. The molecule has 1 aliphatic heterocycles. The summed E-state index contributed by atoms with van der Waals surface area (Å²) in [6, 6.07) is 3.95. The summed E-state index contributed by atoms with van der Waals surface area (Å²) in [5, 5.41) is 10.6. The van der Waals surface area contributed by atoms with E-state index in [2.05, 4.69) is 27.3 Å². The Balaban J connectivity index is 2.12. The molecule has 1 saturated heterocycles. The Labute approximate surface area is 107 Å². The number of carbonyl (C=O) groups excluding carboxylic acids is 1. The first-order chi connectivity index (χ1) is 8.65. The van der Waals surface area contributed by atoms with Gasteiger partial charge in [0, 0.05) is 19.6 Å². The lowest BCUT2D eigenvalue weighted by molar-refractivity contribution is 0.0957. The van der Waals surface area contributed by atoms with Crippen LogP contribution in [-0.4, -0.2) is 42.3 Å². The van der Waals surface area contributed by atoms with Gasteiger partial charge in [-0.25, -0.2) is 0 Å². The number of carbonyl (C=O) groups is 1. The number of rotatable bonds is 3. The van der Waals surface area contributed by atoms with Crippen molar-refractivity contribution in [2.24, 2.45) is 11.7 Å². The Hall–Kier alpha value is -1.69. The van der Waals surface area contributed by atoms with Crippen LogP contribution in [0.3, 0.4) is 0 Å². The second-order valence-corrected chi connectivity index (χ2v) is 4.69. The van der Waals surface area contributed by atoms with Gasteiger partial charge in [-0.1, -0.05) is 0 Å². The van der Waals surface area contributed by atoms with Crippen LogP contribution in [0.25, 0.3) is 0 Å². The molecule has 98 valence electrons. The van der Waals surface area contributed by atoms with Crippen molar-refractivity contribution in [3.63, 3.8) is 0 Å². The van der Waals surface area contributed by atoms with E-state index in [0.29, 0.717) is 24.2 Å². The van der Waals surface area contributed by atoms with Crippen LogP contribution in [0, 0.1) is 5.92 Å². The zero-order valence-corrected chi connectivity index (χ0v) is 10.8. The number of hydrogen-bond donors (Lipinski definition) is 2. The fourth-order valence-electron chi connectivity index (χ4n) is 2.36. The third kappa shape index (κ3) is 2.43. The third-order valence-corrected chi connectivity index (χ3v) is 3.40. The molecule has 3 N–H and O–H groups in total. The minimum Gasteiger partial charge on any atom is -0.354 e. The molecule has 2 rings (SSSR count). The summed E-state index contributed by atoms with van der Waals surface area (Å²) in [6.07, 6.45) is 1.08. The van der Waals surface area contributed by atoms with Gasteiger partial charge in [-0.05, 0) is 37.9 Å². The highest BCUT2D eigenvalue weighted by Gasteiger charge is 2.29. The highest BCUT2D eigenvalue weighted by atomic mass is 16.1. The predicted octanol–water partition coefficient (Wildman–Crippen LogP) is 0.00970. The predicted molar refractivity (Wildman–Crippen MR) is 69.4 cm³/mol. The lowest BCUT2D eigenvalue weighted by Crippen LogP contribution is -2.29. The van der Waals surface area contributed by atoms with Crippen molar-refractivity contribution in [2.75, 3.05) is 25.0 Å². The van der Waals surface area contributed by atoms with E-state index in [9.17, 15) is 4.79 Å². The molecule has 0 saturated carbocycles. The molecule has 0 spiro atoms. The molecule has 2 atom stereocenters. The van der Waals surface area contributed by atoms with Crippen LogP contribution in [0.15, 0.2) is 12.1 Å². The summed E-state index contributed by atoms with van der Waals surface area (Å²) in [7, 11) is 1.58. The van der Waals surface area contributed by atoms with E-state index in [1.807, 2.05) is 6.07 Å². The second kappa shape index (κ2) is 5.30. The van der Waals surface area contributed by atoms with Crippen molar-refractivity contribution >= 4 is 11.7 Å². The second-order valence-electron chi connectivity index (χ2n) is 4.69. The lowest BCUT2D eigenvalue weighted by Gasteiger charge is -2.21. The van der Waals surface area contributed by atoms with E-state index < -0.39 is 0 Å². The maximum Gasteiger partial charge on any atom is 0.271 e. The van der Waals surface area contributed by atoms with Gasteiger partial charge in [-0.15, -0.1) is 10.2 Å². The monoisotopic (exact) mass is 249 g/mol. The fourth-order valence-corrected chi connectivity index (χ4v) is 2.36. The van der Waals surface area contributed by atoms with E-state index in [4.69, 9.17) is 5.73 Å². The van der Waals surface area contributed by atoms with Crippen LogP contribution in [0.2, 0.25) is 0 Å². The molecule has 1 aromatic rings. The molecule has 0 radical (unpaired) electrons. The van der Waals surface area contributed by atoms with Crippen LogP contribution in [0.5, 0.6) is 0 Å². The van der Waals surface area contributed by atoms with Crippen LogP contribution >= 0.6 is 0 Å². The average molecular weight is 249 g/mol. The van der Waals surface area contributed by atoms with E-state index >= 15 is 0 Å². The Morgan fingerprint density at radius 3 is 2.83 bits per heavy atom. The SMILES string of the molecule is CNC(=O)c1ccc(N2CC(CN)CC2C)nn1. The van der Waals surface area contributed by atoms with Gasteiger partial charge in [0.15, 0.2) is 11.5 Å². The van der Waals surface area contributed by atoms with Crippen molar-refractivity contribution in [1.82, 2.24) is 15.5 Å². The maximum atomic E-state index is 11.4. The first-order valence-electron chi connectivity index (χ1n) is 6.18. The molecule has 1 amide bonds.